The highest BCUT2D eigenvalue weighted by Crippen LogP contribution is 2.43. The van der Waals surface area contributed by atoms with Crippen LogP contribution in [0.5, 0.6) is 0 Å². The molecule has 0 saturated heterocycles. The fraction of sp³-hybridized carbons (Fsp3) is 0.250. The number of rotatable bonds is 1. The standard InChI is InChI=1S/C18H19N.C2H5N/c1-11(2)16-9-12(3)10-17-15-8-6-5-7-14(15)13(4)19-18(16)17;1-3-2/h5-11,19H,4H2,1-3H3;1H2,2H3. The van der Waals surface area contributed by atoms with E-state index in [1.54, 1.807) is 7.05 Å². The zero-order valence-corrected chi connectivity index (χ0v) is 13.9. The van der Waals surface area contributed by atoms with Gasteiger partial charge in [-0.15, -0.1) is 0 Å². The summed E-state index contributed by atoms with van der Waals surface area (Å²) in [5.41, 5.74) is 8.68. The summed E-state index contributed by atoms with van der Waals surface area (Å²) < 4.78 is 0. The molecule has 0 radical (unpaired) electrons. The normalized spacial score (nSPS) is 11.8. The summed E-state index contributed by atoms with van der Waals surface area (Å²) in [5.74, 6) is 0.499. The van der Waals surface area contributed by atoms with Crippen LogP contribution in [-0.4, -0.2) is 13.8 Å². The molecule has 0 aliphatic carbocycles. The fourth-order valence-electron chi connectivity index (χ4n) is 2.82. The minimum atomic E-state index is 0.499. The molecule has 0 unspecified atom stereocenters. The van der Waals surface area contributed by atoms with Crippen molar-refractivity contribution < 1.29 is 0 Å². The lowest BCUT2D eigenvalue weighted by molar-refractivity contribution is 0.867. The first kappa shape index (κ1) is 16.0. The summed E-state index contributed by atoms with van der Waals surface area (Å²) >= 11 is 0. The van der Waals surface area contributed by atoms with E-state index in [2.05, 4.69) is 80.8 Å². The number of fused-ring (bicyclic) bond motifs is 3. The second-order valence-electron chi connectivity index (χ2n) is 5.90. The lowest BCUT2D eigenvalue weighted by atomic mass is 9.87. The average Bonchev–Trinajstić information content (AvgIpc) is 2.48. The predicted molar refractivity (Wildman–Crippen MR) is 98.8 cm³/mol. The van der Waals surface area contributed by atoms with Crippen LogP contribution in [0.1, 0.15) is 36.5 Å². The summed E-state index contributed by atoms with van der Waals surface area (Å²) in [6.45, 7) is 13.9. The Morgan fingerprint density at radius 3 is 2.23 bits per heavy atom. The first-order chi connectivity index (χ1) is 10.5. The third-order valence-corrected chi connectivity index (χ3v) is 3.75. The molecular weight excluding hydrogens is 268 g/mol. The van der Waals surface area contributed by atoms with Gasteiger partial charge in [-0.1, -0.05) is 56.3 Å². The van der Waals surface area contributed by atoms with E-state index in [0.717, 1.165) is 5.70 Å². The van der Waals surface area contributed by atoms with E-state index < -0.39 is 0 Å². The second kappa shape index (κ2) is 6.61. The third kappa shape index (κ3) is 2.96. The first-order valence-electron chi connectivity index (χ1n) is 7.54. The summed E-state index contributed by atoms with van der Waals surface area (Å²) in [7, 11) is 1.64. The molecule has 1 N–H and O–H groups in total. The minimum absolute atomic E-state index is 0.499. The zero-order chi connectivity index (χ0) is 16.3. The lowest BCUT2D eigenvalue weighted by Crippen LogP contribution is -2.10. The zero-order valence-electron chi connectivity index (χ0n) is 13.9. The van der Waals surface area contributed by atoms with Gasteiger partial charge in [0.2, 0.25) is 0 Å². The largest absolute Gasteiger partial charge is 0.355 e. The van der Waals surface area contributed by atoms with Gasteiger partial charge in [-0.3, -0.25) is 0 Å². The van der Waals surface area contributed by atoms with Crippen molar-refractivity contribution in [2.24, 2.45) is 4.99 Å². The number of anilines is 1. The van der Waals surface area contributed by atoms with Gasteiger partial charge in [0.1, 0.15) is 0 Å². The highest BCUT2D eigenvalue weighted by molar-refractivity contribution is 5.98. The van der Waals surface area contributed by atoms with Gasteiger partial charge in [-0.2, -0.15) is 0 Å². The molecule has 1 heterocycles. The Hall–Kier alpha value is -2.35. The summed E-state index contributed by atoms with van der Waals surface area (Å²) in [6.07, 6.45) is 0. The Bertz CT molecular complexity index is 712. The predicted octanol–water partition coefficient (Wildman–Crippen LogP) is 5.50. The van der Waals surface area contributed by atoms with Gasteiger partial charge in [-0.25, -0.2) is 0 Å². The summed E-state index contributed by atoms with van der Waals surface area (Å²) in [5, 5.41) is 3.50. The Kier molecular flexibility index (Phi) is 4.81. The lowest BCUT2D eigenvalue weighted by Gasteiger charge is -2.27. The number of hydrogen-bond donors (Lipinski definition) is 1. The third-order valence-electron chi connectivity index (χ3n) is 3.75. The smallest absolute Gasteiger partial charge is 0.0499 e. The molecule has 2 aromatic rings. The van der Waals surface area contributed by atoms with Crippen molar-refractivity contribution in [2.45, 2.75) is 26.7 Å². The Morgan fingerprint density at radius 1 is 1.05 bits per heavy atom. The molecule has 2 aromatic carbocycles. The molecular formula is C20H24N2. The van der Waals surface area contributed by atoms with Gasteiger partial charge < -0.3 is 10.3 Å². The molecule has 1 aliphatic rings. The van der Waals surface area contributed by atoms with E-state index in [9.17, 15) is 0 Å². The number of benzene rings is 2. The van der Waals surface area contributed by atoms with Crippen molar-refractivity contribution in [3.05, 3.63) is 59.7 Å². The summed E-state index contributed by atoms with van der Waals surface area (Å²) in [6, 6.07) is 13.0. The average molecular weight is 292 g/mol. The highest BCUT2D eigenvalue weighted by Gasteiger charge is 2.21. The second-order valence-corrected chi connectivity index (χ2v) is 5.90. The van der Waals surface area contributed by atoms with Gasteiger partial charge in [0.05, 0.1) is 0 Å². The van der Waals surface area contributed by atoms with Gasteiger partial charge in [-0.05, 0) is 36.8 Å². The molecule has 3 rings (SSSR count). The minimum Gasteiger partial charge on any atom is -0.355 e. The molecule has 114 valence electrons. The maximum absolute atomic E-state index is 4.17. The first-order valence-corrected chi connectivity index (χ1v) is 7.54. The van der Waals surface area contributed by atoms with E-state index in [1.165, 1.54) is 33.5 Å². The van der Waals surface area contributed by atoms with Crippen molar-refractivity contribution in [1.29, 1.82) is 0 Å². The highest BCUT2D eigenvalue weighted by atomic mass is 14.9. The van der Waals surface area contributed by atoms with Gasteiger partial charge in [0.25, 0.3) is 0 Å². The Morgan fingerprint density at radius 2 is 1.64 bits per heavy atom. The molecule has 0 fully saturated rings. The molecule has 0 amide bonds. The summed E-state index contributed by atoms with van der Waals surface area (Å²) in [4.78, 5) is 3.25. The van der Waals surface area contributed by atoms with Crippen LogP contribution in [0.4, 0.5) is 5.69 Å². The quantitative estimate of drug-likeness (QED) is 0.690. The maximum atomic E-state index is 4.17. The van der Waals surface area contributed by atoms with Gasteiger partial charge >= 0.3 is 0 Å². The number of aryl methyl sites for hydroxylation is 1. The topological polar surface area (TPSA) is 24.4 Å². The van der Waals surface area contributed by atoms with Gasteiger partial charge in [0.15, 0.2) is 0 Å². The van der Waals surface area contributed by atoms with Crippen molar-refractivity contribution in [3.8, 4) is 11.1 Å². The molecule has 2 nitrogen and oxygen atoms in total. The van der Waals surface area contributed by atoms with Crippen molar-refractivity contribution in [2.75, 3.05) is 12.4 Å². The van der Waals surface area contributed by atoms with E-state index >= 15 is 0 Å². The molecule has 1 aliphatic heterocycles. The molecule has 0 aromatic heterocycles. The van der Waals surface area contributed by atoms with E-state index in [-0.39, 0.29) is 0 Å². The van der Waals surface area contributed by atoms with Gasteiger partial charge in [0, 0.05) is 29.6 Å². The van der Waals surface area contributed by atoms with Crippen LogP contribution in [0.2, 0.25) is 0 Å². The Balaban J connectivity index is 0.000000545. The van der Waals surface area contributed by atoms with Crippen LogP contribution >= 0.6 is 0 Å². The van der Waals surface area contributed by atoms with Crippen molar-refractivity contribution in [3.63, 3.8) is 0 Å². The number of hydrogen-bond acceptors (Lipinski definition) is 2. The Labute approximate surface area is 133 Å². The van der Waals surface area contributed by atoms with E-state index in [0.29, 0.717) is 5.92 Å². The SMILES string of the molecule is C=C1Nc2c(cc(C)cc2C(C)C)-c2ccccc21.C=NC. The van der Waals surface area contributed by atoms with Crippen LogP contribution in [0.15, 0.2) is 48.0 Å². The van der Waals surface area contributed by atoms with Crippen LogP contribution in [0, 0.1) is 6.92 Å². The van der Waals surface area contributed by atoms with Crippen molar-refractivity contribution in [1.82, 2.24) is 0 Å². The molecule has 0 bridgehead atoms. The monoisotopic (exact) mass is 292 g/mol. The van der Waals surface area contributed by atoms with Crippen LogP contribution in [-0.2, 0) is 0 Å². The van der Waals surface area contributed by atoms with Crippen LogP contribution in [0.25, 0.3) is 16.8 Å². The van der Waals surface area contributed by atoms with Crippen molar-refractivity contribution >= 4 is 18.1 Å². The molecule has 22 heavy (non-hydrogen) atoms. The molecule has 2 heteroatoms. The van der Waals surface area contributed by atoms with E-state index in [4.69, 9.17) is 0 Å². The maximum Gasteiger partial charge on any atom is 0.0499 e. The molecule has 0 saturated carbocycles. The number of aliphatic imine (C=N–C) groups is 1. The van der Waals surface area contributed by atoms with Crippen LogP contribution in [0.3, 0.4) is 0 Å². The van der Waals surface area contributed by atoms with Crippen LogP contribution < -0.4 is 5.32 Å². The molecule has 0 atom stereocenters. The number of nitrogens with one attached hydrogen (secondary N) is 1. The number of nitrogens with zero attached hydrogens (tertiary/aromatic N) is 1. The fourth-order valence-corrected chi connectivity index (χ4v) is 2.82. The van der Waals surface area contributed by atoms with E-state index in [1.807, 2.05) is 0 Å². The molecule has 0 spiro atoms.